The van der Waals surface area contributed by atoms with Crippen LogP contribution < -0.4 is 5.32 Å². The van der Waals surface area contributed by atoms with Gasteiger partial charge in [-0.3, -0.25) is 4.79 Å². The van der Waals surface area contributed by atoms with E-state index >= 15 is 0 Å². The molecule has 1 N–H and O–H groups in total. The van der Waals surface area contributed by atoms with Crippen LogP contribution in [0.5, 0.6) is 0 Å². The number of hydrogen-bond donors (Lipinski definition) is 1. The molecule has 0 aromatic carbocycles. The van der Waals surface area contributed by atoms with Gasteiger partial charge in [0.05, 0.1) is 5.41 Å². The van der Waals surface area contributed by atoms with E-state index < -0.39 is 5.41 Å². The molecule has 88 valence electrons. The minimum absolute atomic E-state index is 0.0805. The van der Waals surface area contributed by atoms with E-state index in [2.05, 4.69) is 12.2 Å². The van der Waals surface area contributed by atoms with Gasteiger partial charge in [-0.15, -0.1) is 11.6 Å². The van der Waals surface area contributed by atoms with E-state index in [1.807, 2.05) is 13.8 Å². The van der Waals surface area contributed by atoms with Crippen molar-refractivity contribution in [1.29, 1.82) is 0 Å². The summed E-state index contributed by atoms with van der Waals surface area (Å²) < 4.78 is 0. The zero-order valence-electron chi connectivity index (χ0n) is 9.98. The molecular formula is C12H22ClNO. The van der Waals surface area contributed by atoms with Crippen LogP contribution in [-0.4, -0.2) is 17.8 Å². The van der Waals surface area contributed by atoms with Crippen LogP contribution in [0.1, 0.15) is 46.5 Å². The molecule has 0 aromatic heterocycles. The highest BCUT2D eigenvalue weighted by atomic mass is 35.5. The average Bonchev–Trinajstić information content (AvgIpc) is 2.70. The zero-order valence-corrected chi connectivity index (χ0v) is 10.7. The topological polar surface area (TPSA) is 29.1 Å². The number of carbonyl (C=O) groups is 1. The summed E-state index contributed by atoms with van der Waals surface area (Å²) in [6, 6.07) is 0.294. The third kappa shape index (κ3) is 3.37. The van der Waals surface area contributed by atoms with Gasteiger partial charge in [0.2, 0.25) is 5.91 Å². The molecule has 15 heavy (non-hydrogen) atoms. The third-order valence-corrected chi connectivity index (χ3v) is 4.08. The predicted molar refractivity (Wildman–Crippen MR) is 64.1 cm³/mol. The molecule has 1 rings (SSSR count). The number of carbonyl (C=O) groups excluding carboxylic acids is 1. The fourth-order valence-corrected chi connectivity index (χ4v) is 2.16. The van der Waals surface area contributed by atoms with Crippen molar-refractivity contribution >= 4 is 17.5 Å². The van der Waals surface area contributed by atoms with Crippen LogP contribution in [0.25, 0.3) is 0 Å². The van der Waals surface area contributed by atoms with Crippen LogP contribution >= 0.6 is 11.6 Å². The van der Waals surface area contributed by atoms with Gasteiger partial charge in [0.1, 0.15) is 0 Å². The Morgan fingerprint density at radius 1 is 1.47 bits per heavy atom. The minimum Gasteiger partial charge on any atom is -0.353 e. The van der Waals surface area contributed by atoms with Crippen LogP contribution in [0.15, 0.2) is 0 Å². The van der Waals surface area contributed by atoms with Crippen molar-refractivity contribution in [3.05, 3.63) is 0 Å². The number of nitrogens with one attached hydrogen (secondary N) is 1. The summed E-state index contributed by atoms with van der Waals surface area (Å²) in [5, 5.41) is 3.09. The number of alkyl halides is 1. The van der Waals surface area contributed by atoms with Crippen molar-refractivity contribution in [2.24, 2.45) is 11.3 Å². The van der Waals surface area contributed by atoms with E-state index in [1.165, 1.54) is 25.7 Å². The molecule has 0 spiro atoms. The van der Waals surface area contributed by atoms with Crippen molar-refractivity contribution in [1.82, 2.24) is 5.32 Å². The van der Waals surface area contributed by atoms with Crippen molar-refractivity contribution in [2.45, 2.75) is 52.5 Å². The van der Waals surface area contributed by atoms with E-state index in [9.17, 15) is 4.79 Å². The highest BCUT2D eigenvalue weighted by Crippen LogP contribution is 2.28. The summed E-state index contributed by atoms with van der Waals surface area (Å²) in [5.41, 5.74) is -0.450. The first-order valence-corrected chi connectivity index (χ1v) is 6.38. The van der Waals surface area contributed by atoms with Crippen LogP contribution in [0.3, 0.4) is 0 Å². The van der Waals surface area contributed by atoms with Gasteiger partial charge in [-0.05, 0) is 39.5 Å². The molecule has 1 aliphatic carbocycles. The second-order valence-corrected chi connectivity index (χ2v) is 5.59. The Morgan fingerprint density at radius 3 is 2.47 bits per heavy atom. The fraction of sp³-hybridized carbons (Fsp3) is 0.917. The standard InChI is InChI=1S/C12H22ClNO/c1-9(10-6-4-5-7-10)14-11(15)12(2,3)8-13/h9-10H,4-8H2,1-3H3,(H,14,15)/t9-/m1/s1. The first-order chi connectivity index (χ1) is 6.97. The molecule has 1 amide bonds. The van der Waals surface area contributed by atoms with Gasteiger partial charge in [0, 0.05) is 11.9 Å². The molecule has 0 saturated heterocycles. The number of rotatable bonds is 4. The summed E-state index contributed by atoms with van der Waals surface area (Å²) >= 11 is 5.77. The van der Waals surface area contributed by atoms with Gasteiger partial charge in [-0.25, -0.2) is 0 Å². The molecule has 2 nitrogen and oxygen atoms in total. The Kier molecular flexibility index (Phi) is 4.45. The van der Waals surface area contributed by atoms with E-state index in [0.717, 1.165) is 0 Å². The second-order valence-electron chi connectivity index (χ2n) is 5.32. The number of hydrogen-bond acceptors (Lipinski definition) is 1. The lowest BCUT2D eigenvalue weighted by molar-refractivity contribution is -0.129. The Labute approximate surface area is 97.8 Å². The molecular weight excluding hydrogens is 210 g/mol. The summed E-state index contributed by atoms with van der Waals surface area (Å²) in [7, 11) is 0. The SMILES string of the molecule is C[C@@H](NC(=O)C(C)(C)CCl)C1CCCC1. The molecule has 1 atom stereocenters. The van der Waals surface area contributed by atoms with E-state index in [1.54, 1.807) is 0 Å². The molecule has 1 fully saturated rings. The van der Waals surface area contributed by atoms with Crippen LogP contribution in [0, 0.1) is 11.3 Å². The van der Waals surface area contributed by atoms with Gasteiger partial charge >= 0.3 is 0 Å². The Hall–Kier alpha value is -0.240. The summed E-state index contributed by atoms with van der Waals surface area (Å²) in [6.07, 6.45) is 5.12. The van der Waals surface area contributed by atoms with Crippen LogP contribution in [0.4, 0.5) is 0 Å². The largest absolute Gasteiger partial charge is 0.353 e. The molecule has 0 radical (unpaired) electrons. The first kappa shape index (κ1) is 12.8. The van der Waals surface area contributed by atoms with Crippen LogP contribution in [-0.2, 0) is 4.79 Å². The zero-order chi connectivity index (χ0) is 11.5. The molecule has 0 heterocycles. The van der Waals surface area contributed by atoms with Gasteiger partial charge in [0.15, 0.2) is 0 Å². The van der Waals surface area contributed by atoms with Gasteiger partial charge in [0.25, 0.3) is 0 Å². The quantitative estimate of drug-likeness (QED) is 0.741. The van der Waals surface area contributed by atoms with E-state index in [-0.39, 0.29) is 5.91 Å². The Balaban J connectivity index is 2.43. The summed E-state index contributed by atoms with van der Waals surface area (Å²) in [6.45, 7) is 5.88. The number of amides is 1. The van der Waals surface area contributed by atoms with Crippen molar-refractivity contribution < 1.29 is 4.79 Å². The monoisotopic (exact) mass is 231 g/mol. The highest BCUT2D eigenvalue weighted by molar-refractivity contribution is 6.19. The fourth-order valence-electron chi connectivity index (χ4n) is 2.04. The van der Waals surface area contributed by atoms with Crippen molar-refractivity contribution in [2.75, 3.05) is 5.88 Å². The maximum Gasteiger partial charge on any atom is 0.227 e. The molecule has 0 aliphatic heterocycles. The third-order valence-electron chi connectivity index (χ3n) is 3.41. The summed E-state index contributed by atoms with van der Waals surface area (Å²) in [4.78, 5) is 11.9. The maximum atomic E-state index is 11.9. The molecule has 1 saturated carbocycles. The molecule has 3 heteroatoms. The maximum absolute atomic E-state index is 11.9. The normalized spacial score (nSPS) is 20.3. The Morgan fingerprint density at radius 2 is 2.00 bits per heavy atom. The molecule has 0 bridgehead atoms. The second kappa shape index (κ2) is 5.20. The first-order valence-electron chi connectivity index (χ1n) is 5.84. The summed E-state index contributed by atoms with van der Waals surface area (Å²) in [5.74, 6) is 1.12. The van der Waals surface area contributed by atoms with Gasteiger partial charge in [-0.2, -0.15) is 0 Å². The van der Waals surface area contributed by atoms with Crippen LogP contribution in [0.2, 0.25) is 0 Å². The van der Waals surface area contributed by atoms with Crippen molar-refractivity contribution in [3.63, 3.8) is 0 Å². The molecule has 0 unspecified atom stereocenters. The Bertz CT molecular complexity index is 222. The lowest BCUT2D eigenvalue weighted by atomic mass is 9.93. The number of halogens is 1. The van der Waals surface area contributed by atoms with E-state index in [4.69, 9.17) is 11.6 Å². The van der Waals surface area contributed by atoms with E-state index in [0.29, 0.717) is 17.8 Å². The lowest BCUT2D eigenvalue weighted by Crippen LogP contribution is -2.45. The van der Waals surface area contributed by atoms with Crippen molar-refractivity contribution in [3.8, 4) is 0 Å². The molecule has 0 aromatic rings. The molecule has 1 aliphatic rings. The van der Waals surface area contributed by atoms with Gasteiger partial charge < -0.3 is 5.32 Å². The smallest absolute Gasteiger partial charge is 0.227 e. The average molecular weight is 232 g/mol. The lowest BCUT2D eigenvalue weighted by Gasteiger charge is -2.26. The highest BCUT2D eigenvalue weighted by Gasteiger charge is 2.30. The minimum atomic E-state index is -0.450. The van der Waals surface area contributed by atoms with Gasteiger partial charge in [-0.1, -0.05) is 12.8 Å². The predicted octanol–water partition coefficient (Wildman–Crippen LogP) is 2.95.